The Labute approximate surface area is 175 Å². The van der Waals surface area contributed by atoms with E-state index in [0.29, 0.717) is 6.07 Å². The molecule has 9 heteroatoms. The number of aromatic nitrogens is 4. The molecule has 2 heterocycles. The van der Waals surface area contributed by atoms with Gasteiger partial charge in [0, 0.05) is 13.2 Å². The van der Waals surface area contributed by atoms with E-state index in [1.807, 2.05) is 37.3 Å². The lowest BCUT2D eigenvalue weighted by molar-refractivity contribution is 0.184. The van der Waals surface area contributed by atoms with Crippen LogP contribution < -0.4 is 11.2 Å². The molecule has 0 amide bonds. The first-order valence-electron chi connectivity index (χ1n) is 9.65. The Morgan fingerprint density at radius 2 is 1.84 bits per heavy atom. The molecule has 7 nitrogen and oxygen atoms in total. The lowest BCUT2D eigenvalue weighted by Crippen LogP contribution is -2.41. The van der Waals surface area contributed by atoms with Gasteiger partial charge in [-0.15, -0.1) is 0 Å². The second kappa shape index (κ2) is 8.27. The van der Waals surface area contributed by atoms with Gasteiger partial charge in [0.15, 0.2) is 11.2 Å². The summed E-state index contributed by atoms with van der Waals surface area (Å²) in [5.41, 5.74) is -0.475. The molecule has 1 atom stereocenters. The molecule has 2 aromatic carbocycles. The third-order valence-corrected chi connectivity index (χ3v) is 5.23. The van der Waals surface area contributed by atoms with Gasteiger partial charge in [0.05, 0.1) is 31.2 Å². The summed E-state index contributed by atoms with van der Waals surface area (Å²) in [5.74, 6) is -1.72. The summed E-state index contributed by atoms with van der Waals surface area (Å²) in [7, 11) is 1.45. The van der Waals surface area contributed by atoms with Gasteiger partial charge in [-0.1, -0.05) is 30.3 Å². The van der Waals surface area contributed by atoms with Crippen molar-refractivity contribution in [2.24, 2.45) is 0 Å². The molecule has 31 heavy (non-hydrogen) atoms. The number of ether oxygens (including phenoxy) is 1. The second-order valence-electron chi connectivity index (χ2n) is 7.07. The smallest absolute Gasteiger partial charge is 0.337 e. The van der Waals surface area contributed by atoms with E-state index in [2.05, 4.69) is 4.98 Å². The molecule has 0 fully saturated rings. The van der Waals surface area contributed by atoms with Crippen molar-refractivity contribution < 1.29 is 13.5 Å². The standard InChI is InChI=1S/C22H20F2N4O3/c1-14(15-6-4-3-5-7-15)27-13-25-20-19(27)21(29)26(10-11-31-2)22(30)28(20)18-9-8-16(23)12-17(18)24/h3-9,12-14H,10-11H2,1-2H3. The van der Waals surface area contributed by atoms with E-state index < -0.39 is 22.9 Å². The number of hydrogen-bond acceptors (Lipinski definition) is 4. The highest BCUT2D eigenvalue weighted by Gasteiger charge is 2.23. The molecule has 0 spiro atoms. The number of benzene rings is 2. The molecule has 0 saturated carbocycles. The Kier molecular flexibility index (Phi) is 5.51. The average molecular weight is 426 g/mol. The van der Waals surface area contributed by atoms with Crippen molar-refractivity contribution in [2.75, 3.05) is 13.7 Å². The lowest BCUT2D eigenvalue weighted by atomic mass is 10.1. The van der Waals surface area contributed by atoms with Crippen molar-refractivity contribution in [3.8, 4) is 5.69 Å². The van der Waals surface area contributed by atoms with Crippen LogP contribution in [0.2, 0.25) is 0 Å². The molecule has 0 bridgehead atoms. The number of nitrogens with zero attached hydrogens (tertiary/aromatic N) is 4. The third-order valence-electron chi connectivity index (χ3n) is 5.23. The van der Waals surface area contributed by atoms with Crippen molar-refractivity contribution in [1.82, 2.24) is 18.7 Å². The van der Waals surface area contributed by atoms with Crippen LogP contribution >= 0.6 is 0 Å². The first-order valence-corrected chi connectivity index (χ1v) is 9.65. The highest BCUT2D eigenvalue weighted by atomic mass is 19.1. The van der Waals surface area contributed by atoms with E-state index in [9.17, 15) is 18.4 Å². The number of fused-ring (bicyclic) bond motifs is 1. The summed E-state index contributed by atoms with van der Waals surface area (Å²) in [4.78, 5) is 30.7. The summed E-state index contributed by atoms with van der Waals surface area (Å²) in [6.07, 6.45) is 1.45. The maximum absolute atomic E-state index is 14.6. The summed E-state index contributed by atoms with van der Waals surface area (Å²) in [6.45, 7) is 1.97. The fourth-order valence-electron chi connectivity index (χ4n) is 3.59. The minimum Gasteiger partial charge on any atom is -0.383 e. The number of rotatable bonds is 6. The quantitative estimate of drug-likeness (QED) is 0.475. The van der Waals surface area contributed by atoms with E-state index in [0.717, 1.165) is 26.8 Å². The van der Waals surface area contributed by atoms with Crippen molar-refractivity contribution in [2.45, 2.75) is 19.5 Å². The van der Waals surface area contributed by atoms with Gasteiger partial charge in [-0.3, -0.25) is 9.36 Å². The Hall–Kier alpha value is -3.59. The predicted molar refractivity (Wildman–Crippen MR) is 112 cm³/mol. The normalized spacial score (nSPS) is 12.4. The molecule has 0 N–H and O–H groups in total. The fourth-order valence-corrected chi connectivity index (χ4v) is 3.59. The average Bonchev–Trinajstić information content (AvgIpc) is 3.20. The van der Waals surface area contributed by atoms with Gasteiger partial charge < -0.3 is 9.30 Å². The van der Waals surface area contributed by atoms with Crippen LogP contribution in [-0.4, -0.2) is 32.4 Å². The summed E-state index contributed by atoms with van der Waals surface area (Å²) in [6, 6.07) is 12.1. The van der Waals surface area contributed by atoms with Gasteiger partial charge in [0.1, 0.15) is 11.6 Å². The van der Waals surface area contributed by atoms with E-state index in [4.69, 9.17) is 4.74 Å². The van der Waals surface area contributed by atoms with E-state index in [1.165, 1.54) is 13.4 Å². The monoisotopic (exact) mass is 426 g/mol. The van der Waals surface area contributed by atoms with Crippen molar-refractivity contribution in [1.29, 1.82) is 0 Å². The van der Waals surface area contributed by atoms with Crippen molar-refractivity contribution >= 4 is 11.2 Å². The van der Waals surface area contributed by atoms with Crippen LogP contribution in [0.25, 0.3) is 16.9 Å². The zero-order chi connectivity index (χ0) is 22.1. The molecule has 0 aliphatic heterocycles. The van der Waals surface area contributed by atoms with Crippen molar-refractivity contribution in [3.05, 3.63) is 92.9 Å². The SMILES string of the molecule is COCCn1c(=O)c2c(ncn2C(C)c2ccccc2)n(-c2ccc(F)cc2F)c1=O. The summed E-state index contributed by atoms with van der Waals surface area (Å²) in [5, 5.41) is 0. The van der Waals surface area contributed by atoms with E-state index >= 15 is 0 Å². The Morgan fingerprint density at radius 3 is 2.52 bits per heavy atom. The molecule has 0 saturated heterocycles. The van der Waals surface area contributed by atoms with Gasteiger partial charge in [0.2, 0.25) is 0 Å². The molecule has 4 aromatic rings. The van der Waals surface area contributed by atoms with Gasteiger partial charge in [-0.05, 0) is 24.6 Å². The van der Waals surface area contributed by atoms with Gasteiger partial charge in [-0.2, -0.15) is 0 Å². The predicted octanol–water partition coefficient (Wildman–Crippen LogP) is 2.88. The first kappa shape index (κ1) is 20.7. The minimum absolute atomic E-state index is 0.00282. The molecular formula is C22H20F2N4O3. The Balaban J connectivity index is 2.05. The fraction of sp³-hybridized carbons (Fsp3) is 0.227. The number of imidazole rings is 1. The maximum Gasteiger partial charge on any atom is 0.337 e. The van der Waals surface area contributed by atoms with Crippen LogP contribution in [0.1, 0.15) is 18.5 Å². The number of methoxy groups -OCH3 is 1. The van der Waals surface area contributed by atoms with Gasteiger partial charge >= 0.3 is 5.69 Å². The largest absolute Gasteiger partial charge is 0.383 e. The third kappa shape index (κ3) is 3.57. The lowest BCUT2D eigenvalue weighted by Gasteiger charge is -2.16. The molecule has 2 aromatic heterocycles. The summed E-state index contributed by atoms with van der Waals surface area (Å²) >= 11 is 0. The molecule has 160 valence electrons. The molecular weight excluding hydrogens is 406 g/mol. The van der Waals surface area contributed by atoms with E-state index in [-0.39, 0.29) is 36.0 Å². The maximum atomic E-state index is 14.6. The topological polar surface area (TPSA) is 71.1 Å². The van der Waals surface area contributed by atoms with Crippen molar-refractivity contribution in [3.63, 3.8) is 0 Å². The van der Waals surface area contributed by atoms with Crippen LogP contribution in [-0.2, 0) is 11.3 Å². The number of hydrogen-bond donors (Lipinski definition) is 0. The van der Waals surface area contributed by atoms with E-state index in [1.54, 1.807) is 4.57 Å². The minimum atomic E-state index is -0.939. The molecule has 4 rings (SSSR count). The Bertz CT molecular complexity index is 1360. The highest BCUT2D eigenvalue weighted by Crippen LogP contribution is 2.23. The van der Waals surface area contributed by atoms with Crippen LogP contribution in [0.3, 0.4) is 0 Å². The Morgan fingerprint density at radius 1 is 1.10 bits per heavy atom. The van der Waals surface area contributed by atoms with Crippen LogP contribution in [0.4, 0.5) is 8.78 Å². The molecule has 0 radical (unpaired) electrons. The molecule has 0 aliphatic carbocycles. The van der Waals surface area contributed by atoms with Crippen LogP contribution in [0, 0.1) is 11.6 Å². The van der Waals surface area contributed by atoms with Gasteiger partial charge in [-0.25, -0.2) is 23.1 Å². The molecule has 1 unspecified atom stereocenters. The van der Waals surface area contributed by atoms with Gasteiger partial charge in [0.25, 0.3) is 5.56 Å². The zero-order valence-electron chi connectivity index (χ0n) is 17.0. The molecule has 0 aliphatic rings. The number of halogens is 2. The zero-order valence-corrected chi connectivity index (χ0v) is 17.0. The van der Waals surface area contributed by atoms with Crippen LogP contribution in [0.5, 0.6) is 0 Å². The van der Waals surface area contributed by atoms with Crippen LogP contribution in [0.15, 0.2) is 64.4 Å². The second-order valence-corrected chi connectivity index (χ2v) is 7.07. The summed E-state index contributed by atoms with van der Waals surface area (Å²) < 4.78 is 36.7. The first-order chi connectivity index (χ1) is 14.9. The highest BCUT2D eigenvalue weighted by molar-refractivity contribution is 5.73.